The number of benzene rings is 1. The van der Waals surface area contributed by atoms with E-state index in [1.165, 1.54) is 55.0 Å². The first-order valence-electron chi connectivity index (χ1n) is 8.38. The summed E-state index contributed by atoms with van der Waals surface area (Å²) in [6.45, 7) is 7.94. The summed E-state index contributed by atoms with van der Waals surface area (Å²) in [5, 5.41) is 3.67. The molecular formula is C19H30BrN. The average molecular weight is 352 g/mol. The second kappa shape index (κ2) is 7.28. The number of nitrogens with one attached hydrogen (secondary N) is 1. The van der Waals surface area contributed by atoms with Gasteiger partial charge in [0.15, 0.2) is 0 Å². The molecule has 0 bridgehead atoms. The van der Waals surface area contributed by atoms with Gasteiger partial charge in [0.1, 0.15) is 0 Å². The van der Waals surface area contributed by atoms with Gasteiger partial charge >= 0.3 is 0 Å². The van der Waals surface area contributed by atoms with E-state index in [9.17, 15) is 0 Å². The molecule has 118 valence electrons. The van der Waals surface area contributed by atoms with Crippen LogP contribution < -0.4 is 5.32 Å². The second-order valence-electron chi connectivity index (χ2n) is 7.76. The molecule has 1 N–H and O–H groups in total. The van der Waals surface area contributed by atoms with Gasteiger partial charge in [-0.1, -0.05) is 40.9 Å². The van der Waals surface area contributed by atoms with Crippen LogP contribution in [0.5, 0.6) is 0 Å². The van der Waals surface area contributed by atoms with Gasteiger partial charge in [-0.15, -0.1) is 0 Å². The Morgan fingerprint density at radius 1 is 1.05 bits per heavy atom. The fourth-order valence-electron chi connectivity index (χ4n) is 3.51. The minimum Gasteiger partial charge on any atom is -0.312 e. The van der Waals surface area contributed by atoms with E-state index in [0.717, 1.165) is 6.54 Å². The summed E-state index contributed by atoms with van der Waals surface area (Å²) in [4.78, 5) is 0. The molecule has 0 aromatic heterocycles. The fourth-order valence-corrected chi connectivity index (χ4v) is 3.78. The molecule has 1 aromatic rings. The molecule has 1 nitrogen and oxygen atoms in total. The van der Waals surface area contributed by atoms with E-state index in [4.69, 9.17) is 0 Å². The lowest BCUT2D eigenvalue weighted by Gasteiger charge is -2.31. The summed E-state index contributed by atoms with van der Waals surface area (Å²) >= 11 is 3.52. The Labute approximate surface area is 139 Å². The van der Waals surface area contributed by atoms with Crippen molar-refractivity contribution in [3.8, 4) is 0 Å². The van der Waals surface area contributed by atoms with Crippen molar-refractivity contribution < 1.29 is 0 Å². The van der Waals surface area contributed by atoms with Crippen molar-refractivity contribution in [2.75, 3.05) is 6.54 Å². The fraction of sp³-hybridized carbons (Fsp3) is 0.684. The largest absolute Gasteiger partial charge is 0.312 e. The lowest BCUT2D eigenvalue weighted by molar-refractivity contribution is 0.235. The second-order valence-corrected chi connectivity index (χ2v) is 8.68. The molecule has 1 aliphatic carbocycles. The number of hydrogen-bond donors (Lipinski definition) is 1. The van der Waals surface area contributed by atoms with Crippen molar-refractivity contribution in [2.24, 2.45) is 5.41 Å². The van der Waals surface area contributed by atoms with Gasteiger partial charge in [-0.2, -0.15) is 0 Å². The molecule has 2 rings (SSSR count). The molecule has 0 saturated heterocycles. The molecule has 1 aromatic carbocycles. The first-order chi connectivity index (χ1) is 9.89. The Morgan fingerprint density at radius 3 is 2.24 bits per heavy atom. The monoisotopic (exact) mass is 351 g/mol. The standard InChI is InChI=1S/C19H30BrN/c1-18(2,3)21-15-14-19(11-4-5-12-19)13-10-16-6-8-17(20)9-7-16/h6-9,21H,4-5,10-15H2,1-3H3. The van der Waals surface area contributed by atoms with Crippen LogP contribution in [0.15, 0.2) is 28.7 Å². The van der Waals surface area contributed by atoms with E-state index in [1.807, 2.05) is 0 Å². The highest BCUT2D eigenvalue weighted by molar-refractivity contribution is 9.10. The van der Waals surface area contributed by atoms with Crippen molar-refractivity contribution in [1.29, 1.82) is 0 Å². The average Bonchev–Trinajstić information content (AvgIpc) is 2.86. The molecule has 1 fully saturated rings. The predicted molar refractivity (Wildman–Crippen MR) is 95.7 cm³/mol. The molecule has 0 radical (unpaired) electrons. The quantitative estimate of drug-likeness (QED) is 0.690. The maximum atomic E-state index is 3.67. The van der Waals surface area contributed by atoms with Crippen LogP contribution in [0.4, 0.5) is 0 Å². The molecule has 0 heterocycles. The highest BCUT2D eigenvalue weighted by Gasteiger charge is 2.33. The highest BCUT2D eigenvalue weighted by atomic mass is 79.9. The maximum absolute atomic E-state index is 3.67. The third-order valence-corrected chi connectivity index (χ3v) is 5.36. The normalized spacial score (nSPS) is 18.1. The molecule has 1 saturated carbocycles. The number of halogens is 1. The molecule has 2 heteroatoms. The Morgan fingerprint density at radius 2 is 1.67 bits per heavy atom. The highest BCUT2D eigenvalue weighted by Crippen LogP contribution is 2.44. The molecule has 0 amide bonds. The van der Waals surface area contributed by atoms with Crippen LogP contribution in [0, 0.1) is 5.41 Å². The van der Waals surface area contributed by atoms with E-state index in [2.05, 4.69) is 66.3 Å². The summed E-state index contributed by atoms with van der Waals surface area (Å²) in [6.07, 6.45) is 9.61. The third kappa shape index (κ3) is 5.75. The molecule has 21 heavy (non-hydrogen) atoms. The minimum atomic E-state index is 0.242. The van der Waals surface area contributed by atoms with Crippen molar-refractivity contribution >= 4 is 15.9 Å². The van der Waals surface area contributed by atoms with Crippen LogP contribution in [0.3, 0.4) is 0 Å². The first kappa shape index (κ1) is 17.0. The molecule has 0 unspecified atom stereocenters. The zero-order chi connectivity index (χ0) is 15.3. The van der Waals surface area contributed by atoms with Crippen LogP contribution in [-0.2, 0) is 6.42 Å². The molecule has 0 atom stereocenters. The van der Waals surface area contributed by atoms with Gasteiger partial charge in [-0.3, -0.25) is 0 Å². The summed E-state index contributed by atoms with van der Waals surface area (Å²) in [5.74, 6) is 0. The zero-order valence-electron chi connectivity index (χ0n) is 13.8. The minimum absolute atomic E-state index is 0.242. The Balaban J connectivity index is 1.87. The Hall–Kier alpha value is -0.340. The maximum Gasteiger partial charge on any atom is 0.0175 e. The van der Waals surface area contributed by atoms with Crippen molar-refractivity contribution in [2.45, 2.75) is 71.3 Å². The molecular weight excluding hydrogens is 322 g/mol. The first-order valence-corrected chi connectivity index (χ1v) is 9.17. The summed E-state index contributed by atoms with van der Waals surface area (Å²) < 4.78 is 1.18. The number of rotatable bonds is 6. The van der Waals surface area contributed by atoms with Crippen LogP contribution in [0.1, 0.15) is 64.9 Å². The molecule has 1 aliphatic rings. The summed E-state index contributed by atoms with van der Waals surface area (Å²) in [7, 11) is 0. The van der Waals surface area contributed by atoms with Gasteiger partial charge in [0, 0.05) is 10.0 Å². The molecule has 0 spiro atoms. The van der Waals surface area contributed by atoms with E-state index in [0.29, 0.717) is 5.41 Å². The molecule has 0 aliphatic heterocycles. The summed E-state index contributed by atoms with van der Waals surface area (Å²) in [5.41, 5.74) is 2.31. The van der Waals surface area contributed by atoms with E-state index in [1.54, 1.807) is 0 Å². The van der Waals surface area contributed by atoms with Gasteiger partial charge in [-0.25, -0.2) is 0 Å². The number of hydrogen-bond acceptors (Lipinski definition) is 1. The van der Waals surface area contributed by atoms with Crippen LogP contribution in [0.25, 0.3) is 0 Å². The van der Waals surface area contributed by atoms with Gasteiger partial charge in [-0.05, 0) is 82.5 Å². The van der Waals surface area contributed by atoms with Crippen molar-refractivity contribution in [3.05, 3.63) is 34.3 Å². The van der Waals surface area contributed by atoms with E-state index in [-0.39, 0.29) is 5.54 Å². The van der Waals surface area contributed by atoms with Gasteiger partial charge in [0.2, 0.25) is 0 Å². The lowest BCUT2D eigenvalue weighted by atomic mass is 9.77. The van der Waals surface area contributed by atoms with Crippen molar-refractivity contribution in [3.63, 3.8) is 0 Å². The lowest BCUT2D eigenvalue weighted by Crippen LogP contribution is -2.38. The van der Waals surface area contributed by atoms with Crippen LogP contribution in [0.2, 0.25) is 0 Å². The summed E-state index contributed by atoms with van der Waals surface area (Å²) in [6, 6.07) is 8.86. The van der Waals surface area contributed by atoms with Crippen molar-refractivity contribution in [1.82, 2.24) is 5.32 Å². The smallest absolute Gasteiger partial charge is 0.0175 e. The van der Waals surface area contributed by atoms with Crippen LogP contribution >= 0.6 is 15.9 Å². The number of aryl methyl sites for hydroxylation is 1. The third-order valence-electron chi connectivity index (χ3n) is 4.83. The van der Waals surface area contributed by atoms with Gasteiger partial charge in [0.05, 0.1) is 0 Å². The van der Waals surface area contributed by atoms with E-state index < -0.39 is 0 Å². The SMILES string of the molecule is CC(C)(C)NCCC1(CCc2ccc(Br)cc2)CCCC1. The van der Waals surface area contributed by atoms with E-state index >= 15 is 0 Å². The van der Waals surface area contributed by atoms with Gasteiger partial charge < -0.3 is 5.32 Å². The Kier molecular flexibility index (Phi) is 5.90. The zero-order valence-corrected chi connectivity index (χ0v) is 15.4. The topological polar surface area (TPSA) is 12.0 Å². The predicted octanol–water partition coefficient (Wildman–Crippen LogP) is 5.72. The van der Waals surface area contributed by atoms with Gasteiger partial charge in [0.25, 0.3) is 0 Å². The Bertz CT molecular complexity index is 424. The van der Waals surface area contributed by atoms with Crippen LogP contribution in [-0.4, -0.2) is 12.1 Å².